The summed E-state index contributed by atoms with van der Waals surface area (Å²) in [5.74, 6) is 0. The molecular weight excluding hydrogens is 146 g/mol. The fraction of sp³-hybridized carbons (Fsp3) is 0.636. The van der Waals surface area contributed by atoms with Gasteiger partial charge in [0.1, 0.15) is 0 Å². The summed E-state index contributed by atoms with van der Waals surface area (Å²) in [6, 6.07) is 0. The zero-order valence-corrected chi connectivity index (χ0v) is 8.69. The third-order valence-corrected chi connectivity index (χ3v) is 1.94. The monoisotopic (exact) mass is 167 g/mol. The second-order valence-corrected chi connectivity index (χ2v) is 3.44. The topological polar surface area (TPSA) is 3.24 Å². The van der Waals surface area contributed by atoms with E-state index >= 15 is 0 Å². The predicted octanol–water partition coefficient (Wildman–Crippen LogP) is 3.20. The summed E-state index contributed by atoms with van der Waals surface area (Å²) in [5.41, 5.74) is 2.46. The van der Waals surface area contributed by atoms with Gasteiger partial charge in [-0.1, -0.05) is 19.1 Å². The van der Waals surface area contributed by atoms with Crippen molar-refractivity contribution in [1.82, 2.24) is 4.90 Å². The van der Waals surface area contributed by atoms with Crippen LogP contribution in [0.15, 0.2) is 24.4 Å². The van der Waals surface area contributed by atoms with Gasteiger partial charge in [0.2, 0.25) is 0 Å². The maximum absolute atomic E-state index is 4.03. The third-order valence-electron chi connectivity index (χ3n) is 1.94. The highest BCUT2D eigenvalue weighted by molar-refractivity contribution is 4.98. The predicted molar refractivity (Wildman–Crippen MR) is 56.1 cm³/mol. The lowest BCUT2D eigenvalue weighted by atomic mass is 10.1. The van der Waals surface area contributed by atoms with E-state index in [9.17, 15) is 0 Å². The summed E-state index contributed by atoms with van der Waals surface area (Å²) in [5, 5.41) is 0. The highest BCUT2D eigenvalue weighted by atomic mass is 15.1. The highest BCUT2D eigenvalue weighted by Gasteiger charge is 1.99. The van der Waals surface area contributed by atoms with E-state index in [0.717, 1.165) is 19.4 Å². The second kappa shape index (κ2) is 5.87. The van der Waals surface area contributed by atoms with Gasteiger partial charge in [0, 0.05) is 19.3 Å². The Hall–Kier alpha value is -0.720. The van der Waals surface area contributed by atoms with Gasteiger partial charge in [-0.15, -0.1) is 6.58 Å². The summed E-state index contributed by atoms with van der Waals surface area (Å²) in [6.07, 6.45) is 3.29. The van der Waals surface area contributed by atoms with Crippen molar-refractivity contribution in [3.05, 3.63) is 24.4 Å². The molecule has 0 amide bonds. The molecule has 0 saturated heterocycles. The summed E-state index contributed by atoms with van der Waals surface area (Å²) in [4.78, 5) is 2.23. The molecule has 70 valence electrons. The van der Waals surface area contributed by atoms with E-state index in [4.69, 9.17) is 0 Å². The second-order valence-electron chi connectivity index (χ2n) is 3.44. The molecule has 0 aliphatic heterocycles. The van der Waals surface area contributed by atoms with E-state index in [1.54, 1.807) is 0 Å². The van der Waals surface area contributed by atoms with Gasteiger partial charge >= 0.3 is 0 Å². The van der Waals surface area contributed by atoms with Crippen molar-refractivity contribution in [2.75, 3.05) is 13.6 Å². The molecule has 0 aromatic carbocycles. The van der Waals surface area contributed by atoms with Crippen molar-refractivity contribution in [3.8, 4) is 0 Å². The van der Waals surface area contributed by atoms with E-state index in [-0.39, 0.29) is 0 Å². The Morgan fingerprint density at radius 2 is 1.83 bits per heavy atom. The minimum atomic E-state index is 1.05. The first kappa shape index (κ1) is 11.3. The Kier molecular flexibility index (Phi) is 5.52. The number of nitrogens with zero attached hydrogens (tertiary/aromatic N) is 1. The minimum absolute atomic E-state index is 1.05. The molecule has 0 N–H and O–H groups in total. The number of hydrogen-bond donors (Lipinski definition) is 0. The third kappa shape index (κ3) is 5.00. The van der Waals surface area contributed by atoms with E-state index in [1.807, 2.05) is 0 Å². The number of rotatable bonds is 6. The van der Waals surface area contributed by atoms with Crippen LogP contribution in [-0.4, -0.2) is 18.5 Å². The van der Waals surface area contributed by atoms with Crippen LogP contribution in [0, 0.1) is 0 Å². The van der Waals surface area contributed by atoms with Crippen LogP contribution in [0.2, 0.25) is 0 Å². The van der Waals surface area contributed by atoms with Gasteiger partial charge < -0.3 is 4.90 Å². The highest BCUT2D eigenvalue weighted by Crippen LogP contribution is 2.11. The average Bonchev–Trinajstić information content (AvgIpc) is 2.00. The molecule has 0 heterocycles. The van der Waals surface area contributed by atoms with Crippen LogP contribution in [-0.2, 0) is 0 Å². The van der Waals surface area contributed by atoms with Crippen LogP contribution in [0.4, 0.5) is 0 Å². The van der Waals surface area contributed by atoms with Crippen LogP contribution in [0.5, 0.6) is 0 Å². The molecule has 0 fully saturated rings. The van der Waals surface area contributed by atoms with Crippen LogP contribution in [0.3, 0.4) is 0 Å². The fourth-order valence-electron chi connectivity index (χ4n) is 1.04. The molecule has 0 atom stereocenters. The van der Waals surface area contributed by atoms with Gasteiger partial charge in [-0.3, -0.25) is 0 Å². The Bertz CT molecular complexity index is 158. The van der Waals surface area contributed by atoms with E-state index < -0.39 is 0 Å². The summed E-state index contributed by atoms with van der Waals surface area (Å²) in [7, 11) is 2.10. The number of allylic oxidation sites excluding steroid dienone is 2. The molecule has 0 spiro atoms. The van der Waals surface area contributed by atoms with Gasteiger partial charge in [-0.05, 0) is 26.2 Å². The van der Waals surface area contributed by atoms with Gasteiger partial charge in [-0.25, -0.2) is 0 Å². The average molecular weight is 167 g/mol. The van der Waals surface area contributed by atoms with Crippen LogP contribution in [0.1, 0.15) is 33.1 Å². The molecule has 0 radical (unpaired) electrons. The van der Waals surface area contributed by atoms with Crippen molar-refractivity contribution >= 4 is 0 Å². The largest absolute Gasteiger partial charge is 0.378 e. The zero-order chi connectivity index (χ0) is 9.56. The Morgan fingerprint density at radius 3 is 2.25 bits per heavy atom. The molecule has 0 saturated carbocycles. The SMILES string of the molecule is C=C(C)CCC(=C)N(C)CCC. The maximum Gasteiger partial charge on any atom is 0.0168 e. The van der Waals surface area contributed by atoms with Crippen molar-refractivity contribution in [3.63, 3.8) is 0 Å². The van der Waals surface area contributed by atoms with Gasteiger partial charge in [-0.2, -0.15) is 0 Å². The summed E-state index contributed by atoms with van der Waals surface area (Å²) in [6.45, 7) is 13.3. The van der Waals surface area contributed by atoms with Crippen molar-refractivity contribution in [1.29, 1.82) is 0 Å². The molecular formula is C11H21N. The molecule has 0 bridgehead atoms. The normalized spacial score (nSPS) is 9.58. The van der Waals surface area contributed by atoms with Crippen molar-refractivity contribution < 1.29 is 0 Å². The molecule has 0 rings (SSSR count). The molecule has 0 aromatic heterocycles. The first-order valence-corrected chi connectivity index (χ1v) is 4.61. The Morgan fingerprint density at radius 1 is 1.25 bits per heavy atom. The summed E-state index contributed by atoms with van der Waals surface area (Å²) >= 11 is 0. The van der Waals surface area contributed by atoms with E-state index in [2.05, 4.69) is 39.0 Å². The standard InChI is InChI=1S/C11H21N/c1-6-9-12(5)11(4)8-7-10(2)3/h2,4,6-9H2,1,3,5H3. The lowest BCUT2D eigenvalue weighted by Crippen LogP contribution is -2.17. The quantitative estimate of drug-likeness (QED) is 0.549. The van der Waals surface area contributed by atoms with Gasteiger partial charge in [0.05, 0.1) is 0 Å². The molecule has 0 aliphatic rings. The van der Waals surface area contributed by atoms with Gasteiger partial charge in [0.25, 0.3) is 0 Å². The molecule has 1 nitrogen and oxygen atoms in total. The molecule has 0 aliphatic carbocycles. The smallest absolute Gasteiger partial charge is 0.0168 e. The zero-order valence-electron chi connectivity index (χ0n) is 8.69. The van der Waals surface area contributed by atoms with Crippen LogP contribution >= 0.6 is 0 Å². The van der Waals surface area contributed by atoms with Gasteiger partial charge in [0.15, 0.2) is 0 Å². The fourth-order valence-corrected chi connectivity index (χ4v) is 1.04. The minimum Gasteiger partial charge on any atom is -0.378 e. The number of hydrogen-bond acceptors (Lipinski definition) is 1. The Balaban J connectivity index is 3.64. The van der Waals surface area contributed by atoms with Crippen LogP contribution in [0.25, 0.3) is 0 Å². The first-order chi connectivity index (χ1) is 5.57. The molecule has 1 heteroatoms. The molecule has 0 aromatic rings. The Labute approximate surface area is 76.8 Å². The molecule has 12 heavy (non-hydrogen) atoms. The lowest BCUT2D eigenvalue weighted by Gasteiger charge is -2.20. The van der Waals surface area contributed by atoms with Crippen LogP contribution < -0.4 is 0 Å². The maximum atomic E-state index is 4.03. The van der Waals surface area contributed by atoms with E-state index in [0.29, 0.717) is 0 Å². The van der Waals surface area contributed by atoms with Crippen molar-refractivity contribution in [2.24, 2.45) is 0 Å². The summed E-state index contributed by atoms with van der Waals surface area (Å²) < 4.78 is 0. The first-order valence-electron chi connectivity index (χ1n) is 4.61. The molecule has 0 unspecified atom stereocenters. The van der Waals surface area contributed by atoms with Crippen molar-refractivity contribution in [2.45, 2.75) is 33.1 Å². The lowest BCUT2D eigenvalue weighted by molar-refractivity contribution is 0.402. The van der Waals surface area contributed by atoms with E-state index in [1.165, 1.54) is 17.7 Å².